The van der Waals surface area contributed by atoms with Gasteiger partial charge in [0, 0.05) is 17.9 Å². The molecule has 1 aliphatic carbocycles. The van der Waals surface area contributed by atoms with Crippen molar-refractivity contribution >= 4 is 0 Å². The molecule has 0 amide bonds. The molecule has 0 radical (unpaired) electrons. The molecular weight excluding hydrogens is 172 g/mol. The molecule has 1 fully saturated rings. The van der Waals surface area contributed by atoms with Gasteiger partial charge in [-0.2, -0.15) is 0 Å². The van der Waals surface area contributed by atoms with Gasteiger partial charge in [0.2, 0.25) is 0 Å². The lowest BCUT2D eigenvalue weighted by atomic mass is 9.87. The van der Waals surface area contributed by atoms with Gasteiger partial charge in [0.25, 0.3) is 0 Å². The normalized spacial score (nSPS) is 32.1. The summed E-state index contributed by atoms with van der Waals surface area (Å²) in [4.78, 5) is 4.18. The van der Waals surface area contributed by atoms with Crippen LogP contribution in [0.2, 0.25) is 0 Å². The second-order valence-corrected chi connectivity index (χ2v) is 4.69. The summed E-state index contributed by atoms with van der Waals surface area (Å²) < 4.78 is 0. The molecule has 1 aromatic heterocycles. The Morgan fingerprint density at radius 1 is 1.57 bits per heavy atom. The van der Waals surface area contributed by atoms with Crippen LogP contribution in [0.25, 0.3) is 0 Å². The van der Waals surface area contributed by atoms with Crippen molar-refractivity contribution in [2.75, 3.05) is 0 Å². The first-order valence-electron chi connectivity index (χ1n) is 5.32. The predicted molar refractivity (Wildman–Crippen MR) is 57.9 cm³/mol. The van der Waals surface area contributed by atoms with Gasteiger partial charge in [0.05, 0.1) is 0 Å². The maximum Gasteiger partial charge on any atom is 0.0430 e. The highest BCUT2D eigenvalue weighted by atomic mass is 14.8. The highest BCUT2D eigenvalue weighted by Gasteiger charge is 2.36. The molecule has 0 aliphatic heterocycles. The molecule has 2 nitrogen and oxygen atoms in total. The van der Waals surface area contributed by atoms with Gasteiger partial charge in [0.15, 0.2) is 0 Å². The van der Waals surface area contributed by atoms with E-state index in [1.165, 1.54) is 17.5 Å². The first-order chi connectivity index (χ1) is 6.62. The van der Waals surface area contributed by atoms with E-state index in [1.807, 2.05) is 18.5 Å². The van der Waals surface area contributed by atoms with E-state index < -0.39 is 0 Å². The number of nitrogens with zero attached hydrogens (tertiary/aromatic N) is 1. The number of hydrogen-bond donors (Lipinski definition) is 1. The number of hydrogen-bond acceptors (Lipinski definition) is 2. The summed E-state index contributed by atoms with van der Waals surface area (Å²) in [5.74, 6) is 0.750. The van der Waals surface area contributed by atoms with E-state index in [4.69, 9.17) is 5.73 Å². The second kappa shape index (κ2) is 3.35. The largest absolute Gasteiger partial charge is 0.321 e. The fourth-order valence-electron chi connectivity index (χ4n) is 2.56. The fraction of sp³-hybridized carbons (Fsp3) is 0.583. The van der Waals surface area contributed by atoms with Crippen molar-refractivity contribution in [2.45, 2.75) is 38.6 Å². The fourth-order valence-corrected chi connectivity index (χ4v) is 2.56. The molecule has 0 saturated heterocycles. The molecule has 14 heavy (non-hydrogen) atoms. The van der Waals surface area contributed by atoms with E-state index >= 15 is 0 Å². The van der Waals surface area contributed by atoms with E-state index in [0.29, 0.717) is 0 Å². The third-order valence-electron chi connectivity index (χ3n) is 3.37. The van der Waals surface area contributed by atoms with E-state index in [0.717, 1.165) is 18.8 Å². The zero-order valence-electron chi connectivity index (χ0n) is 8.96. The van der Waals surface area contributed by atoms with Gasteiger partial charge in [-0.15, -0.1) is 0 Å². The Balaban J connectivity index is 2.35. The van der Waals surface area contributed by atoms with Crippen LogP contribution in [0.3, 0.4) is 0 Å². The minimum atomic E-state index is -0.113. The molecule has 0 spiro atoms. The Hall–Kier alpha value is -0.890. The minimum Gasteiger partial charge on any atom is -0.321 e. The first kappa shape index (κ1) is 9.66. The number of nitrogens with two attached hydrogens (primary N) is 1. The molecule has 1 aromatic rings. The number of aromatic nitrogens is 1. The molecule has 2 rings (SSSR count). The predicted octanol–water partition coefficient (Wildman–Crippen LogP) is 2.36. The zero-order chi connectivity index (χ0) is 10.2. The molecule has 2 heteroatoms. The summed E-state index contributed by atoms with van der Waals surface area (Å²) in [7, 11) is 0. The third-order valence-corrected chi connectivity index (χ3v) is 3.37. The van der Waals surface area contributed by atoms with Crippen molar-refractivity contribution < 1.29 is 0 Å². The maximum absolute atomic E-state index is 6.43. The first-order valence-corrected chi connectivity index (χ1v) is 5.32. The van der Waals surface area contributed by atoms with Gasteiger partial charge in [-0.05, 0) is 49.3 Å². The van der Waals surface area contributed by atoms with E-state index in [-0.39, 0.29) is 5.54 Å². The van der Waals surface area contributed by atoms with Crippen LogP contribution in [0, 0.1) is 12.8 Å². The standard InChI is InChI=1S/C12H18N2/c1-9-3-5-12(13,7-9)11-8-14-6-4-10(11)2/h4,6,8-9H,3,5,7,13H2,1-2H3. The van der Waals surface area contributed by atoms with Gasteiger partial charge in [0.1, 0.15) is 0 Å². The number of pyridine rings is 1. The van der Waals surface area contributed by atoms with Gasteiger partial charge >= 0.3 is 0 Å². The summed E-state index contributed by atoms with van der Waals surface area (Å²) in [6, 6.07) is 2.05. The summed E-state index contributed by atoms with van der Waals surface area (Å²) in [6.45, 7) is 4.40. The van der Waals surface area contributed by atoms with Gasteiger partial charge < -0.3 is 5.73 Å². The zero-order valence-corrected chi connectivity index (χ0v) is 8.96. The van der Waals surface area contributed by atoms with Crippen molar-refractivity contribution in [2.24, 2.45) is 11.7 Å². The molecule has 76 valence electrons. The van der Waals surface area contributed by atoms with Gasteiger partial charge in [-0.3, -0.25) is 4.98 Å². The summed E-state index contributed by atoms with van der Waals surface area (Å²) >= 11 is 0. The Labute approximate surface area is 85.5 Å². The maximum atomic E-state index is 6.43. The molecule has 1 aliphatic rings. The SMILES string of the molecule is Cc1ccncc1C1(N)CCC(C)C1. The van der Waals surface area contributed by atoms with E-state index in [1.54, 1.807) is 0 Å². The number of rotatable bonds is 1. The van der Waals surface area contributed by atoms with Crippen LogP contribution in [-0.4, -0.2) is 4.98 Å². The molecule has 2 unspecified atom stereocenters. The smallest absolute Gasteiger partial charge is 0.0430 e. The Morgan fingerprint density at radius 2 is 2.36 bits per heavy atom. The van der Waals surface area contributed by atoms with E-state index in [9.17, 15) is 0 Å². The Morgan fingerprint density at radius 3 is 2.93 bits per heavy atom. The number of aryl methyl sites for hydroxylation is 1. The van der Waals surface area contributed by atoms with Crippen LogP contribution in [0.1, 0.15) is 37.3 Å². The lowest BCUT2D eigenvalue weighted by Gasteiger charge is -2.25. The van der Waals surface area contributed by atoms with Crippen molar-refractivity contribution in [3.05, 3.63) is 29.6 Å². The van der Waals surface area contributed by atoms with Crippen molar-refractivity contribution in [1.29, 1.82) is 0 Å². The lowest BCUT2D eigenvalue weighted by molar-refractivity contribution is 0.437. The molecule has 1 saturated carbocycles. The van der Waals surface area contributed by atoms with Crippen LogP contribution in [-0.2, 0) is 5.54 Å². The van der Waals surface area contributed by atoms with Crippen LogP contribution in [0.15, 0.2) is 18.5 Å². The third kappa shape index (κ3) is 1.55. The molecule has 0 aromatic carbocycles. The van der Waals surface area contributed by atoms with Gasteiger partial charge in [-0.25, -0.2) is 0 Å². The minimum absolute atomic E-state index is 0.113. The molecule has 2 atom stereocenters. The lowest BCUT2D eigenvalue weighted by Crippen LogP contribution is -2.34. The van der Waals surface area contributed by atoms with Crippen LogP contribution >= 0.6 is 0 Å². The van der Waals surface area contributed by atoms with Crippen LogP contribution in [0.5, 0.6) is 0 Å². The Bertz CT molecular complexity index is 335. The summed E-state index contributed by atoms with van der Waals surface area (Å²) in [5.41, 5.74) is 8.83. The Kier molecular flexibility index (Phi) is 2.31. The molecular formula is C12H18N2. The molecule has 2 N–H and O–H groups in total. The highest BCUT2D eigenvalue weighted by Crippen LogP contribution is 2.40. The van der Waals surface area contributed by atoms with Gasteiger partial charge in [-0.1, -0.05) is 6.92 Å². The second-order valence-electron chi connectivity index (χ2n) is 4.69. The van der Waals surface area contributed by atoms with Crippen molar-refractivity contribution in [1.82, 2.24) is 4.98 Å². The topological polar surface area (TPSA) is 38.9 Å². The van der Waals surface area contributed by atoms with E-state index in [2.05, 4.69) is 18.8 Å². The molecule has 0 bridgehead atoms. The van der Waals surface area contributed by atoms with Crippen LogP contribution in [0.4, 0.5) is 0 Å². The van der Waals surface area contributed by atoms with Crippen LogP contribution < -0.4 is 5.73 Å². The molecule has 1 heterocycles. The quantitative estimate of drug-likeness (QED) is 0.738. The summed E-state index contributed by atoms with van der Waals surface area (Å²) in [5, 5.41) is 0. The summed E-state index contributed by atoms with van der Waals surface area (Å²) in [6.07, 6.45) is 7.21. The monoisotopic (exact) mass is 190 g/mol. The van der Waals surface area contributed by atoms with Crippen molar-refractivity contribution in [3.63, 3.8) is 0 Å². The average Bonchev–Trinajstić information content (AvgIpc) is 2.48. The highest BCUT2D eigenvalue weighted by molar-refractivity contribution is 5.30. The average molecular weight is 190 g/mol. The van der Waals surface area contributed by atoms with Crippen molar-refractivity contribution in [3.8, 4) is 0 Å².